The maximum atomic E-state index is 13.6. The van der Waals surface area contributed by atoms with Gasteiger partial charge in [0.2, 0.25) is 0 Å². The van der Waals surface area contributed by atoms with Gasteiger partial charge in [0, 0.05) is 60.7 Å². The monoisotopic (exact) mass is 540 g/mol. The highest BCUT2D eigenvalue weighted by Crippen LogP contribution is 2.37. The molecule has 2 aromatic carbocycles. The summed E-state index contributed by atoms with van der Waals surface area (Å²) >= 11 is 6.45. The van der Waals surface area contributed by atoms with Crippen molar-refractivity contribution in [2.45, 2.75) is 0 Å². The molecule has 0 atom stereocenters. The highest BCUT2D eigenvalue weighted by molar-refractivity contribution is 7.62. The number of amides is 1. The molecular formula is C25H26ClN6O4P. The average molecular weight is 541 g/mol. The van der Waals surface area contributed by atoms with Crippen molar-refractivity contribution in [1.29, 1.82) is 0 Å². The first kappa shape index (κ1) is 25.3. The summed E-state index contributed by atoms with van der Waals surface area (Å²) < 4.78 is 12.2. The molecule has 12 heteroatoms. The number of benzene rings is 2. The summed E-state index contributed by atoms with van der Waals surface area (Å²) in [6, 6.07) is 11.5. The number of carbonyl (C=O) groups excluding carboxylic acids is 1. The van der Waals surface area contributed by atoms with Crippen molar-refractivity contribution in [2.24, 2.45) is 9.98 Å². The third-order valence-corrected chi connectivity index (χ3v) is 7.79. The molecule has 1 amide bonds. The maximum absolute atomic E-state index is 13.6. The van der Waals surface area contributed by atoms with Gasteiger partial charge in [-0.2, -0.15) is 0 Å². The molecule has 2 aromatic rings. The van der Waals surface area contributed by atoms with Gasteiger partial charge in [-0.05, 0) is 25.5 Å². The number of amidine groups is 1. The van der Waals surface area contributed by atoms with E-state index in [1.54, 1.807) is 43.8 Å². The van der Waals surface area contributed by atoms with Gasteiger partial charge in [-0.1, -0.05) is 29.8 Å². The van der Waals surface area contributed by atoms with Crippen LogP contribution in [0.15, 0.2) is 64.3 Å². The van der Waals surface area contributed by atoms with Crippen LogP contribution < -0.4 is 4.90 Å². The number of hydrogen-bond donors (Lipinski definition) is 0. The molecule has 0 bridgehead atoms. The van der Waals surface area contributed by atoms with Crippen molar-refractivity contribution < 1.29 is 14.3 Å². The Morgan fingerprint density at radius 3 is 2.51 bits per heavy atom. The van der Waals surface area contributed by atoms with Gasteiger partial charge in [0.25, 0.3) is 11.6 Å². The number of hydrogen-bond acceptors (Lipinski definition) is 8. The smallest absolute Gasteiger partial charge is 0.284 e. The Morgan fingerprint density at radius 1 is 1.11 bits per heavy atom. The molecule has 0 N–H and O–H groups in total. The second-order valence-electron chi connectivity index (χ2n) is 9.66. The van der Waals surface area contributed by atoms with E-state index in [2.05, 4.69) is 9.89 Å². The largest absolute Gasteiger partial charge is 0.373 e. The van der Waals surface area contributed by atoms with Crippen LogP contribution in [0.4, 0.5) is 11.4 Å². The summed E-state index contributed by atoms with van der Waals surface area (Å²) in [5.41, 5.74) is 2.20. The molecule has 0 saturated carbocycles. The molecule has 37 heavy (non-hydrogen) atoms. The Morgan fingerprint density at radius 2 is 1.84 bits per heavy atom. The SMILES string of the molecule is CP(C)(=O)CN1CCN(C=C2N=C3CN=C(c4ccccc4Cl)c4cc([N+](=O)[O-])ccc4N3C2=O)CC1. The Hall–Kier alpha value is -3.33. The quantitative estimate of drug-likeness (QED) is 0.246. The predicted octanol–water partition coefficient (Wildman–Crippen LogP) is 3.88. The fourth-order valence-corrected chi connectivity index (χ4v) is 6.21. The van der Waals surface area contributed by atoms with E-state index in [4.69, 9.17) is 16.6 Å². The number of anilines is 1. The third kappa shape index (κ3) is 5.23. The first-order valence-corrected chi connectivity index (χ1v) is 15.0. The molecule has 3 heterocycles. The number of fused-ring (bicyclic) bond motifs is 3. The van der Waals surface area contributed by atoms with Crippen molar-refractivity contribution in [1.82, 2.24) is 9.80 Å². The Balaban J connectivity index is 1.48. The lowest BCUT2D eigenvalue weighted by Crippen LogP contribution is -2.44. The first-order chi connectivity index (χ1) is 17.6. The topological polar surface area (TPSA) is 112 Å². The van der Waals surface area contributed by atoms with Crippen molar-refractivity contribution in [3.63, 3.8) is 0 Å². The fraction of sp³-hybridized carbons (Fsp3) is 0.320. The van der Waals surface area contributed by atoms with Gasteiger partial charge in [0.05, 0.1) is 36.3 Å². The molecular weight excluding hydrogens is 515 g/mol. The van der Waals surface area contributed by atoms with E-state index in [9.17, 15) is 19.5 Å². The van der Waals surface area contributed by atoms with Crippen LogP contribution in [0, 0.1) is 10.1 Å². The molecule has 1 fully saturated rings. The van der Waals surface area contributed by atoms with Gasteiger partial charge in [-0.3, -0.25) is 29.7 Å². The molecule has 0 aromatic heterocycles. The number of piperazine rings is 1. The number of carbonyl (C=O) groups is 1. The van der Waals surface area contributed by atoms with Crippen LogP contribution in [0.1, 0.15) is 11.1 Å². The van der Waals surface area contributed by atoms with Gasteiger partial charge in [-0.25, -0.2) is 4.99 Å². The minimum Gasteiger partial charge on any atom is -0.373 e. The van der Waals surface area contributed by atoms with Crippen LogP contribution in [0.25, 0.3) is 0 Å². The molecule has 5 rings (SSSR count). The van der Waals surface area contributed by atoms with Gasteiger partial charge < -0.3 is 9.46 Å². The Labute approximate surface area is 219 Å². The number of rotatable bonds is 5. The Bertz CT molecular complexity index is 1420. The van der Waals surface area contributed by atoms with E-state index in [-0.39, 0.29) is 18.1 Å². The van der Waals surface area contributed by atoms with Crippen molar-refractivity contribution in [2.75, 3.05) is 57.2 Å². The zero-order valence-electron chi connectivity index (χ0n) is 20.5. The molecule has 3 aliphatic rings. The summed E-state index contributed by atoms with van der Waals surface area (Å²) in [6.45, 7) is 6.59. The summed E-state index contributed by atoms with van der Waals surface area (Å²) in [5, 5.41) is 12.0. The number of nitrogens with zero attached hydrogens (tertiary/aromatic N) is 6. The lowest BCUT2D eigenvalue weighted by Gasteiger charge is -2.34. The summed E-state index contributed by atoms with van der Waals surface area (Å²) in [4.78, 5) is 39.7. The molecule has 1 saturated heterocycles. The van der Waals surface area contributed by atoms with Crippen molar-refractivity contribution in [3.05, 3.63) is 80.6 Å². The van der Waals surface area contributed by atoms with Gasteiger partial charge in [0.15, 0.2) is 0 Å². The highest BCUT2D eigenvalue weighted by Gasteiger charge is 2.37. The highest BCUT2D eigenvalue weighted by atomic mass is 35.5. The van der Waals surface area contributed by atoms with E-state index in [0.29, 0.717) is 58.5 Å². The minimum absolute atomic E-state index is 0.108. The van der Waals surface area contributed by atoms with Crippen LogP contribution in [0.3, 0.4) is 0 Å². The maximum Gasteiger partial charge on any atom is 0.284 e. The molecule has 3 aliphatic heterocycles. The molecule has 0 spiro atoms. The van der Waals surface area contributed by atoms with Crippen LogP contribution in [0.5, 0.6) is 0 Å². The van der Waals surface area contributed by atoms with Gasteiger partial charge in [-0.15, -0.1) is 0 Å². The number of halogens is 1. The van der Waals surface area contributed by atoms with E-state index in [1.165, 1.54) is 17.0 Å². The lowest BCUT2D eigenvalue weighted by atomic mass is 9.99. The molecule has 192 valence electrons. The summed E-state index contributed by atoms with van der Waals surface area (Å²) in [6.07, 6.45) is 2.35. The van der Waals surface area contributed by atoms with E-state index < -0.39 is 12.1 Å². The lowest BCUT2D eigenvalue weighted by molar-refractivity contribution is -0.384. The van der Waals surface area contributed by atoms with E-state index in [0.717, 1.165) is 13.1 Å². The molecule has 10 nitrogen and oxygen atoms in total. The zero-order chi connectivity index (χ0) is 26.3. The van der Waals surface area contributed by atoms with E-state index >= 15 is 0 Å². The minimum atomic E-state index is -2.14. The Kier molecular flexibility index (Phi) is 6.74. The van der Waals surface area contributed by atoms with Crippen molar-refractivity contribution >= 4 is 47.6 Å². The van der Waals surface area contributed by atoms with Crippen LogP contribution in [-0.4, -0.2) is 84.5 Å². The molecule has 0 aliphatic carbocycles. The molecule has 0 unspecified atom stereocenters. The van der Waals surface area contributed by atoms with Gasteiger partial charge in [0.1, 0.15) is 11.5 Å². The molecule has 0 radical (unpaired) electrons. The standard InChI is InChI=1S/C25H26ClN6O4P/c1-37(2,36)16-30-11-9-29(10-12-30)15-21-25(33)31-22-8-7-17(32(34)35)13-19(22)24(27-14-23(31)28-21)18-5-3-4-6-20(18)26/h3-8,13,15H,9-12,14,16H2,1-2H3. The predicted molar refractivity (Wildman–Crippen MR) is 146 cm³/mol. The number of nitro benzene ring substituents is 1. The number of non-ortho nitro benzene ring substituents is 1. The number of aliphatic imine (C=N–C) groups is 2. The zero-order valence-corrected chi connectivity index (χ0v) is 22.2. The average Bonchev–Trinajstić information content (AvgIpc) is 3.05. The second-order valence-corrected chi connectivity index (χ2v) is 13.5. The number of nitro groups is 1. The first-order valence-electron chi connectivity index (χ1n) is 11.8. The van der Waals surface area contributed by atoms with Crippen LogP contribution in [0.2, 0.25) is 5.02 Å². The second kappa shape index (κ2) is 9.85. The summed E-state index contributed by atoms with van der Waals surface area (Å²) in [5.74, 6) is 0.139. The normalized spacial score (nSPS) is 19.3. The third-order valence-electron chi connectivity index (χ3n) is 6.38. The van der Waals surface area contributed by atoms with Crippen molar-refractivity contribution in [3.8, 4) is 0 Å². The van der Waals surface area contributed by atoms with Crippen LogP contribution in [-0.2, 0) is 9.36 Å². The van der Waals surface area contributed by atoms with E-state index in [1.807, 2.05) is 11.0 Å². The van der Waals surface area contributed by atoms with Gasteiger partial charge >= 0.3 is 0 Å². The summed E-state index contributed by atoms with van der Waals surface area (Å²) in [7, 11) is -2.14. The van der Waals surface area contributed by atoms with Crippen LogP contribution >= 0.6 is 18.7 Å². The fourth-order valence-electron chi connectivity index (χ4n) is 4.74.